The number of guanidine groups is 1. The van der Waals surface area contributed by atoms with Crippen LogP contribution in [-0.2, 0) is 16.3 Å². The van der Waals surface area contributed by atoms with Crippen molar-refractivity contribution in [3.8, 4) is 0 Å². The molecule has 0 saturated heterocycles. The number of hydrogen-bond acceptors (Lipinski definition) is 4. The number of sulfone groups is 1. The molecule has 1 aromatic carbocycles. The fourth-order valence-electron chi connectivity index (χ4n) is 4.12. The standard InChI is InChI=1S/C22H38N4O2S/c1-6-23-21(25-17-22(26(3)4)14-7-8-18(2)16-22)24-15-13-19-9-11-20(12-10-19)29(5,27)28/h9-12,18H,6-8,13-17H2,1-5H3,(H2,23,24,25). The zero-order valence-electron chi connectivity index (χ0n) is 18.7. The van der Waals surface area contributed by atoms with Gasteiger partial charge in [-0.1, -0.05) is 31.9 Å². The van der Waals surface area contributed by atoms with E-state index in [4.69, 9.17) is 4.99 Å². The Bertz CT molecular complexity index is 775. The zero-order valence-corrected chi connectivity index (χ0v) is 19.5. The highest BCUT2D eigenvalue weighted by Gasteiger charge is 2.36. The summed E-state index contributed by atoms with van der Waals surface area (Å²) in [5.74, 6) is 1.59. The third-order valence-corrected chi connectivity index (χ3v) is 7.08. The van der Waals surface area contributed by atoms with Crippen molar-refractivity contribution in [2.24, 2.45) is 10.9 Å². The largest absolute Gasteiger partial charge is 0.357 e. The topological polar surface area (TPSA) is 73.8 Å². The van der Waals surface area contributed by atoms with Gasteiger partial charge in [0, 0.05) is 24.9 Å². The van der Waals surface area contributed by atoms with Gasteiger partial charge < -0.3 is 15.5 Å². The molecular weight excluding hydrogens is 384 g/mol. The molecule has 2 N–H and O–H groups in total. The van der Waals surface area contributed by atoms with Crippen LogP contribution < -0.4 is 10.6 Å². The van der Waals surface area contributed by atoms with Crippen molar-refractivity contribution in [3.63, 3.8) is 0 Å². The van der Waals surface area contributed by atoms with Crippen LogP contribution in [0.1, 0.15) is 45.1 Å². The van der Waals surface area contributed by atoms with E-state index in [2.05, 4.69) is 43.5 Å². The molecule has 7 heteroatoms. The molecule has 29 heavy (non-hydrogen) atoms. The Labute approximate surface area is 177 Å². The first-order valence-corrected chi connectivity index (χ1v) is 12.5. The maximum absolute atomic E-state index is 11.6. The molecule has 2 unspecified atom stereocenters. The van der Waals surface area contributed by atoms with Crippen molar-refractivity contribution in [2.45, 2.75) is 56.4 Å². The van der Waals surface area contributed by atoms with Crippen LogP contribution in [0.2, 0.25) is 0 Å². The fourth-order valence-corrected chi connectivity index (χ4v) is 4.75. The summed E-state index contributed by atoms with van der Waals surface area (Å²) in [7, 11) is 1.20. The predicted octanol–water partition coefficient (Wildman–Crippen LogP) is 2.70. The zero-order chi connectivity index (χ0) is 21.5. The Morgan fingerprint density at radius 2 is 1.93 bits per heavy atom. The molecule has 164 valence electrons. The number of benzene rings is 1. The number of rotatable bonds is 8. The predicted molar refractivity (Wildman–Crippen MR) is 121 cm³/mol. The van der Waals surface area contributed by atoms with Crippen molar-refractivity contribution in [1.82, 2.24) is 15.5 Å². The van der Waals surface area contributed by atoms with E-state index in [9.17, 15) is 8.42 Å². The molecule has 1 fully saturated rings. The van der Waals surface area contributed by atoms with E-state index in [0.29, 0.717) is 4.90 Å². The fraction of sp³-hybridized carbons (Fsp3) is 0.682. The Kier molecular flexibility index (Phi) is 8.52. The third kappa shape index (κ3) is 7.00. The number of hydrogen-bond donors (Lipinski definition) is 2. The maximum atomic E-state index is 11.6. The molecule has 1 aromatic rings. The van der Waals surface area contributed by atoms with Crippen molar-refractivity contribution >= 4 is 15.8 Å². The summed E-state index contributed by atoms with van der Waals surface area (Å²) >= 11 is 0. The van der Waals surface area contributed by atoms with Crippen LogP contribution >= 0.6 is 0 Å². The van der Waals surface area contributed by atoms with Gasteiger partial charge in [-0.05, 0) is 63.9 Å². The number of nitrogens with one attached hydrogen (secondary N) is 2. The SMILES string of the molecule is CCNC(=NCC1(N(C)C)CCCC(C)C1)NCCc1ccc(S(C)(=O)=O)cc1. The second kappa shape index (κ2) is 10.4. The highest BCUT2D eigenvalue weighted by molar-refractivity contribution is 7.90. The summed E-state index contributed by atoms with van der Waals surface area (Å²) in [5.41, 5.74) is 1.24. The van der Waals surface area contributed by atoms with E-state index in [-0.39, 0.29) is 5.54 Å². The lowest BCUT2D eigenvalue weighted by Gasteiger charge is -2.44. The second-order valence-corrected chi connectivity index (χ2v) is 10.6. The first kappa shape index (κ1) is 23.7. The highest BCUT2D eigenvalue weighted by atomic mass is 32.2. The third-order valence-electron chi connectivity index (χ3n) is 5.95. The van der Waals surface area contributed by atoms with Crippen LogP contribution in [0, 0.1) is 5.92 Å². The van der Waals surface area contributed by atoms with E-state index in [1.807, 2.05) is 12.1 Å². The Morgan fingerprint density at radius 1 is 1.24 bits per heavy atom. The molecule has 0 aliphatic heterocycles. The van der Waals surface area contributed by atoms with Crippen LogP contribution in [0.15, 0.2) is 34.2 Å². The molecule has 0 bridgehead atoms. The summed E-state index contributed by atoms with van der Waals surface area (Å²) < 4.78 is 23.2. The molecule has 0 aromatic heterocycles. The Hall–Kier alpha value is -1.60. The molecule has 0 heterocycles. The van der Waals surface area contributed by atoms with Crippen molar-refractivity contribution in [1.29, 1.82) is 0 Å². The average Bonchev–Trinajstić information content (AvgIpc) is 2.65. The minimum atomic E-state index is -3.14. The van der Waals surface area contributed by atoms with Gasteiger partial charge in [-0.25, -0.2) is 8.42 Å². The van der Waals surface area contributed by atoms with Crippen molar-refractivity contribution < 1.29 is 8.42 Å². The molecule has 0 amide bonds. The monoisotopic (exact) mass is 422 g/mol. The highest BCUT2D eigenvalue weighted by Crippen LogP contribution is 2.35. The summed E-state index contributed by atoms with van der Waals surface area (Å²) in [5, 5.41) is 6.77. The normalized spacial score (nSPS) is 23.2. The average molecular weight is 423 g/mol. The molecule has 0 radical (unpaired) electrons. The second-order valence-electron chi connectivity index (χ2n) is 8.61. The van der Waals surface area contributed by atoms with Crippen molar-refractivity contribution in [2.75, 3.05) is 40.0 Å². The first-order chi connectivity index (χ1) is 13.7. The quantitative estimate of drug-likeness (QED) is 0.498. The smallest absolute Gasteiger partial charge is 0.191 e. The van der Waals surface area contributed by atoms with Gasteiger partial charge in [0.25, 0.3) is 0 Å². The van der Waals surface area contributed by atoms with Crippen LogP contribution in [-0.4, -0.2) is 64.8 Å². The lowest BCUT2D eigenvalue weighted by atomic mass is 9.75. The molecule has 1 aliphatic rings. The maximum Gasteiger partial charge on any atom is 0.191 e. The van der Waals surface area contributed by atoms with Gasteiger partial charge in [0.05, 0.1) is 11.4 Å². The first-order valence-electron chi connectivity index (χ1n) is 10.6. The van der Waals surface area contributed by atoms with Gasteiger partial charge in [0.2, 0.25) is 0 Å². The summed E-state index contributed by atoms with van der Waals surface area (Å²) in [4.78, 5) is 7.64. The molecule has 2 atom stereocenters. The number of likely N-dealkylation sites (N-methyl/N-ethyl adjacent to an activating group) is 1. The summed E-state index contributed by atoms with van der Waals surface area (Å²) in [6.07, 6.45) is 7.01. The summed E-state index contributed by atoms with van der Waals surface area (Å²) in [6.45, 7) is 6.78. The van der Waals surface area contributed by atoms with Gasteiger partial charge in [-0.3, -0.25) is 4.99 Å². The van der Waals surface area contributed by atoms with Crippen LogP contribution in [0.5, 0.6) is 0 Å². The lowest BCUT2D eigenvalue weighted by Crippen LogP contribution is -2.51. The Morgan fingerprint density at radius 3 is 2.48 bits per heavy atom. The Balaban J connectivity index is 1.96. The van der Waals surface area contributed by atoms with Crippen LogP contribution in [0.3, 0.4) is 0 Å². The van der Waals surface area contributed by atoms with E-state index in [1.54, 1.807) is 12.1 Å². The lowest BCUT2D eigenvalue weighted by molar-refractivity contribution is 0.0845. The van der Waals surface area contributed by atoms with Crippen molar-refractivity contribution in [3.05, 3.63) is 29.8 Å². The van der Waals surface area contributed by atoms with Gasteiger partial charge >= 0.3 is 0 Å². The molecule has 1 aliphatic carbocycles. The number of nitrogens with zero attached hydrogens (tertiary/aromatic N) is 2. The molecule has 1 saturated carbocycles. The minimum absolute atomic E-state index is 0.140. The van der Waals surface area contributed by atoms with E-state index in [0.717, 1.165) is 43.5 Å². The molecule has 2 rings (SSSR count). The van der Waals surface area contributed by atoms with Crippen LogP contribution in [0.4, 0.5) is 0 Å². The van der Waals surface area contributed by atoms with Gasteiger partial charge in [-0.2, -0.15) is 0 Å². The molecule has 0 spiro atoms. The van der Waals surface area contributed by atoms with Crippen LogP contribution in [0.25, 0.3) is 0 Å². The van der Waals surface area contributed by atoms with Gasteiger partial charge in [-0.15, -0.1) is 0 Å². The van der Waals surface area contributed by atoms with E-state index < -0.39 is 9.84 Å². The van der Waals surface area contributed by atoms with Gasteiger partial charge in [0.15, 0.2) is 15.8 Å². The van der Waals surface area contributed by atoms with E-state index >= 15 is 0 Å². The molecule has 6 nitrogen and oxygen atoms in total. The van der Waals surface area contributed by atoms with Gasteiger partial charge in [0.1, 0.15) is 0 Å². The minimum Gasteiger partial charge on any atom is -0.357 e. The molecular formula is C22H38N4O2S. The van der Waals surface area contributed by atoms with E-state index in [1.165, 1.54) is 31.9 Å². The summed E-state index contributed by atoms with van der Waals surface area (Å²) in [6, 6.07) is 7.11. The number of aliphatic imine (C=N–C) groups is 1.